The van der Waals surface area contributed by atoms with Crippen molar-refractivity contribution in [3.63, 3.8) is 0 Å². The highest BCUT2D eigenvalue weighted by Crippen LogP contribution is 2.52. The van der Waals surface area contributed by atoms with Gasteiger partial charge in [0.05, 0.1) is 10.5 Å². The molecule has 0 aromatic heterocycles. The monoisotopic (exact) mass is 502 g/mol. The van der Waals surface area contributed by atoms with Gasteiger partial charge in [0.25, 0.3) is 15.9 Å². The van der Waals surface area contributed by atoms with Crippen LogP contribution in [0.5, 0.6) is 0 Å². The van der Waals surface area contributed by atoms with Crippen LogP contribution in [0.25, 0.3) is 0 Å². The van der Waals surface area contributed by atoms with Gasteiger partial charge in [-0.15, -0.1) is 0 Å². The number of sulfonamides is 1. The Balaban J connectivity index is 1.41. The zero-order valence-electron chi connectivity index (χ0n) is 20.4. The Morgan fingerprint density at radius 3 is 2.63 bits per heavy atom. The maximum atomic E-state index is 13.6. The van der Waals surface area contributed by atoms with E-state index in [4.69, 9.17) is 4.74 Å². The molecule has 1 N–H and O–H groups in total. The topological polar surface area (TPSA) is 92.8 Å². The Labute approximate surface area is 205 Å². The largest absolute Gasteiger partial charge is 0.452 e. The summed E-state index contributed by atoms with van der Waals surface area (Å²) in [4.78, 5) is 27.1. The normalized spacial score (nSPS) is 23.1. The number of carbonyl (C=O) groups excluding carboxylic acids is 2. The molecule has 2 bridgehead atoms. The van der Waals surface area contributed by atoms with E-state index in [-0.39, 0.29) is 45.5 Å². The summed E-state index contributed by atoms with van der Waals surface area (Å²) in [6.07, 6.45) is 2.94. The van der Waals surface area contributed by atoms with Crippen molar-refractivity contribution in [2.45, 2.75) is 57.9 Å². The molecule has 1 amide bonds. The predicted molar refractivity (Wildman–Crippen MR) is 130 cm³/mol. The first kappa shape index (κ1) is 25.2. The third kappa shape index (κ3) is 5.50. The average Bonchev–Trinajstić information content (AvgIpc) is 3.01. The van der Waals surface area contributed by atoms with Crippen molar-refractivity contribution in [3.8, 4) is 0 Å². The highest BCUT2D eigenvalue weighted by atomic mass is 32.2. The van der Waals surface area contributed by atoms with Crippen molar-refractivity contribution in [1.29, 1.82) is 0 Å². The average molecular weight is 503 g/mol. The van der Waals surface area contributed by atoms with E-state index >= 15 is 0 Å². The van der Waals surface area contributed by atoms with Crippen LogP contribution in [0.1, 0.15) is 56.0 Å². The molecule has 35 heavy (non-hydrogen) atoms. The lowest BCUT2D eigenvalue weighted by Crippen LogP contribution is -2.39. The first-order valence-electron chi connectivity index (χ1n) is 11.6. The number of aryl methyl sites for hydroxylation is 1. The van der Waals surface area contributed by atoms with Gasteiger partial charge in [-0.25, -0.2) is 17.6 Å². The molecule has 188 valence electrons. The van der Waals surface area contributed by atoms with Crippen molar-refractivity contribution in [1.82, 2.24) is 4.90 Å². The second-order valence-corrected chi connectivity index (χ2v) is 12.6. The second-order valence-electron chi connectivity index (χ2n) is 10.9. The Bertz CT molecular complexity index is 1280. The highest BCUT2D eigenvalue weighted by Gasteiger charge is 2.50. The number of nitrogens with zero attached hydrogens (tertiary/aromatic N) is 1. The van der Waals surface area contributed by atoms with E-state index in [1.54, 1.807) is 6.92 Å². The molecule has 1 aliphatic heterocycles. The molecule has 2 unspecified atom stereocenters. The summed E-state index contributed by atoms with van der Waals surface area (Å²) in [5.74, 6) is -1.62. The van der Waals surface area contributed by atoms with E-state index in [9.17, 15) is 22.4 Å². The number of nitrogens with one attached hydrogen (secondary N) is 1. The number of halogens is 1. The lowest BCUT2D eigenvalue weighted by molar-refractivity contribution is -0.135. The molecule has 9 heteroatoms. The van der Waals surface area contributed by atoms with E-state index in [0.717, 1.165) is 25.3 Å². The maximum absolute atomic E-state index is 13.6. The van der Waals surface area contributed by atoms with Gasteiger partial charge < -0.3 is 9.64 Å². The van der Waals surface area contributed by atoms with Gasteiger partial charge in [0, 0.05) is 18.3 Å². The highest BCUT2D eigenvalue weighted by molar-refractivity contribution is 7.92. The SMILES string of the molecule is Cc1ccc(F)cc1S(=O)(=O)Nc1cccc(C(=O)OCC(=O)N2CC3(C)CC2CC(C)(C)C3)c1. The molecule has 0 spiro atoms. The van der Waals surface area contributed by atoms with Gasteiger partial charge in [-0.2, -0.15) is 0 Å². The molecule has 2 aliphatic rings. The Kier molecular flexibility index (Phi) is 6.42. The Morgan fingerprint density at radius 2 is 1.89 bits per heavy atom. The molecule has 2 aromatic rings. The fourth-order valence-corrected chi connectivity index (χ4v) is 7.14. The van der Waals surface area contributed by atoms with Crippen molar-refractivity contribution in [2.24, 2.45) is 10.8 Å². The summed E-state index contributed by atoms with van der Waals surface area (Å²) in [7, 11) is -4.07. The van der Waals surface area contributed by atoms with Crippen LogP contribution < -0.4 is 4.72 Å². The van der Waals surface area contributed by atoms with Gasteiger partial charge in [-0.05, 0) is 72.9 Å². The van der Waals surface area contributed by atoms with Gasteiger partial charge in [-0.3, -0.25) is 9.52 Å². The molecule has 1 aliphatic carbocycles. The van der Waals surface area contributed by atoms with Crippen molar-refractivity contribution in [2.75, 3.05) is 17.9 Å². The number of anilines is 1. The lowest BCUT2D eigenvalue weighted by Gasteiger charge is -2.39. The van der Waals surface area contributed by atoms with E-state index in [0.29, 0.717) is 12.1 Å². The fraction of sp³-hybridized carbons (Fsp3) is 0.462. The molecule has 1 saturated heterocycles. The van der Waals surface area contributed by atoms with Gasteiger partial charge in [0.1, 0.15) is 5.82 Å². The van der Waals surface area contributed by atoms with E-state index in [1.165, 1.54) is 36.4 Å². The first-order valence-corrected chi connectivity index (χ1v) is 13.1. The number of amides is 1. The summed E-state index contributed by atoms with van der Waals surface area (Å²) in [5, 5.41) is 0. The van der Waals surface area contributed by atoms with Crippen LogP contribution in [0, 0.1) is 23.6 Å². The zero-order valence-corrected chi connectivity index (χ0v) is 21.2. The summed E-state index contributed by atoms with van der Waals surface area (Å²) in [5.41, 5.74) is 0.857. The van der Waals surface area contributed by atoms with E-state index in [2.05, 4.69) is 25.5 Å². The van der Waals surface area contributed by atoms with Gasteiger partial charge in [0.15, 0.2) is 6.61 Å². The number of hydrogen-bond donors (Lipinski definition) is 1. The fourth-order valence-electron chi connectivity index (χ4n) is 5.83. The number of benzene rings is 2. The van der Waals surface area contributed by atoms with E-state index < -0.39 is 21.8 Å². The molecule has 1 heterocycles. The molecule has 2 fully saturated rings. The quantitative estimate of drug-likeness (QED) is 0.587. The van der Waals surface area contributed by atoms with Gasteiger partial charge in [-0.1, -0.05) is 32.9 Å². The smallest absolute Gasteiger partial charge is 0.338 e. The van der Waals surface area contributed by atoms with Crippen molar-refractivity contribution < 1.29 is 27.1 Å². The molecule has 4 rings (SSSR count). The molecular formula is C26H31FN2O5S. The molecule has 2 atom stereocenters. The Hall–Kier alpha value is -2.94. The number of ether oxygens (including phenoxy) is 1. The lowest BCUT2D eigenvalue weighted by atomic mass is 9.65. The third-order valence-electron chi connectivity index (χ3n) is 6.85. The van der Waals surface area contributed by atoms with Crippen molar-refractivity contribution in [3.05, 3.63) is 59.4 Å². The summed E-state index contributed by atoms with van der Waals surface area (Å²) in [6.45, 7) is 8.51. The van der Waals surface area contributed by atoms with Gasteiger partial charge >= 0.3 is 5.97 Å². The molecular weight excluding hydrogens is 471 g/mol. The molecule has 2 aromatic carbocycles. The minimum Gasteiger partial charge on any atom is -0.452 e. The van der Waals surface area contributed by atoms with Crippen LogP contribution in [0.4, 0.5) is 10.1 Å². The number of carbonyl (C=O) groups is 2. The van der Waals surface area contributed by atoms with Crippen LogP contribution in [-0.4, -0.2) is 44.4 Å². The summed E-state index contributed by atoms with van der Waals surface area (Å²) >= 11 is 0. The number of fused-ring (bicyclic) bond motifs is 2. The summed E-state index contributed by atoms with van der Waals surface area (Å²) < 4.78 is 46.7. The standard InChI is InChI=1S/C26H31FN2O5S/c1-17-8-9-19(27)11-22(17)35(32,33)28-20-7-5-6-18(10-20)24(31)34-14-23(30)29-16-26(4)13-21(29)12-25(2,3)15-26/h5-11,21,28H,12-16H2,1-4H3. The van der Waals surface area contributed by atoms with Crippen LogP contribution in [-0.2, 0) is 19.6 Å². The number of esters is 1. The zero-order chi connectivity index (χ0) is 25.6. The van der Waals surface area contributed by atoms with Crippen LogP contribution in [0.2, 0.25) is 0 Å². The predicted octanol–water partition coefficient (Wildman–Crippen LogP) is 4.52. The van der Waals surface area contributed by atoms with Crippen LogP contribution in [0.15, 0.2) is 47.4 Å². The minimum absolute atomic E-state index is 0.0810. The Morgan fingerprint density at radius 1 is 1.14 bits per heavy atom. The van der Waals surface area contributed by atoms with Crippen LogP contribution in [0.3, 0.4) is 0 Å². The minimum atomic E-state index is -4.07. The second kappa shape index (κ2) is 8.93. The van der Waals surface area contributed by atoms with Crippen molar-refractivity contribution >= 4 is 27.6 Å². The number of hydrogen-bond acceptors (Lipinski definition) is 5. The molecule has 1 saturated carbocycles. The third-order valence-corrected chi connectivity index (χ3v) is 8.38. The van der Waals surface area contributed by atoms with E-state index in [1.807, 2.05) is 4.90 Å². The number of likely N-dealkylation sites (tertiary alicyclic amines) is 1. The van der Waals surface area contributed by atoms with Gasteiger partial charge in [0.2, 0.25) is 0 Å². The first-order chi connectivity index (χ1) is 16.3. The molecule has 0 radical (unpaired) electrons. The van der Waals surface area contributed by atoms with Crippen LogP contribution >= 0.6 is 0 Å². The molecule has 7 nitrogen and oxygen atoms in total. The number of rotatable bonds is 6. The summed E-state index contributed by atoms with van der Waals surface area (Å²) in [6, 6.07) is 9.43. The maximum Gasteiger partial charge on any atom is 0.338 e.